The van der Waals surface area contributed by atoms with Crippen molar-refractivity contribution in [2.75, 3.05) is 36.9 Å². The van der Waals surface area contributed by atoms with E-state index in [1.165, 1.54) is 0 Å². The number of nitrogens with zero attached hydrogens (tertiary/aromatic N) is 1. The Balaban J connectivity index is 1.89. The molecule has 0 unspecified atom stereocenters. The highest BCUT2D eigenvalue weighted by molar-refractivity contribution is 7.92. The lowest BCUT2D eigenvalue weighted by atomic mass is 10.3. The van der Waals surface area contributed by atoms with Gasteiger partial charge in [-0.3, -0.25) is 9.10 Å². The normalized spacial score (nSPS) is 11.0. The molecule has 0 spiro atoms. The van der Waals surface area contributed by atoms with Crippen molar-refractivity contribution >= 4 is 33.2 Å². The molecule has 0 aliphatic carbocycles. The van der Waals surface area contributed by atoms with Crippen molar-refractivity contribution in [1.82, 2.24) is 5.32 Å². The quantitative estimate of drug-likeness (QED) is 0.590. The average Bonchev–Trinajstić information content (AvgIpc) is 2.65. The Kier molecular flexibility index (Phi) is 7.95. The van der Waals surface area contributed by atoms with Crippen LogP contribution < -0.4 is 19.1 Å². The molecule has 7 nitrogen and oxygen atoms in total. The molecular formula is C19H23ClN2O5S. The molecule has 2 rings (SSSR count). The lowest BCUT2D eigenvalue weighted by Gasteiger charge is -2.22. The minimum absolute atomic E-state index is 0.238. The molecule has 9 heteroatoms. The number of sulfonamides is 1. The molecule has 2 aromatic rings. The number of halogens is 1. The second-order valence-corrected chi connectivity index (χ2v) is 8.19. The maximum absolute atomic E-state index is 12.2. The van der Waals surface area contributed by atoms with Crippen LogP contribution in [0.5, 0.6) is 11.5 Å². The van der Waals surface area contributed by atoms with Crippen molar-refractivity contribution in [3.63, 3.8) is 0 Å². The maximum atomic E-state index is 12.2. The van der Waals surface area contributed by atoms with Crippen LogP contribution in [0.3, 0.4) is 0 Å². The Morgan fingerprint density at radius 1 is 1.04 bits per heavy atom. The summed E-state index contributed by atoms with van der Waals surface area (Å²) in [6.07, 6.45) is 1.06. The van der Waals surface area contributed by atoms with Crippen molar-refractivity contribution in [1.29, 1.82) is 0 Å². The Bertz CT molecular complexity index is 870. The number of hydrogen-bond acceptors (Lipinski definition) is 5. The average molecular weight is 427 g/mol. The van der Waals surface area contributed by atoms with Crippen LogP contribution in [0.1, 0.15) is 6.92 Å². The molecule has 1 N–H and O–H groups in total. The molecule has 0 fully saturated rings. The van der Waals surface area contributed by atoms with Gasteiger partial charge < -0.3 is 14.8 Å². The zero-order valence-electron chi connectivity index (χ0n) is 15.7. The number of ether oxygens (including phenoxy) is 2. The third-order valence-electron chi connectivity index (χ3n) is 3.63. The Morgan fingerprint density at radius 2 is 1.61 bits per heavy atom. The number of carbonyl (C=O) groups excluding carboxylic acids is 1. The van der Waals surface area contributed by atoms with E-state index in [-0.39, 0.29) is 19.7 Å². The van der Waals surface area contributed by atoms with Gasteiger partial charge >= 0.3 is 0 Å². The van der Waals surface area contributed by atoms with E-state index in [1.54, 1.807) is 48.5 Å². The predicted molar refractivity (Wildman–Crippen MR) is 110 cm³/mol. The first-order valence-electron chi connectivity index (χ1n) is 8.65. The molecule has 0 radical (unpaired) electrons. The smallest absolute Gasteiger partial charge is 0.240 e. The van der Waals surface area contributed by atoms with Crippen LogP contribution in [0.4, 0.5) is 5.69 Å². The zero-order chi connectivity index (χ0) is 20.6. The van der Waals surface area contributed by atoms with Gasteiger partial charge in [-0.05, 0) is 55.5 Å². The summed E-state index contributed by atoms with van der Waals surface area (Å²) in [6.45, 7) is 2.53. The van der Waals surface area contributed by atoms with Gasteiger partial charge in [0.05, 0.1) is 25.1 Å². The lowest BCUT2D eigenvalue weighted by molar-refractivity contribution is -0.119. The highest BCUT2D eigenvalue weighted by Gasteiger charge is 2.20. The fraction of sp³-hybridized carbons (Fsp3) is 0.316. The summed E-state index contributed by atoms with van der Waals surface area (Å²) < 4.78 is 36.1. The third kappa shape index (κ3) is 6.94. The monoisotopic (exact) mass is 426 g/mol. The fourth-order valence-corrected chi connectivity index (χ4v) is 3.33. The molecule has 28 heavy (non-hydrogen) atoms. The Labute approximate surface area is 170 Å². The molecule has 0 saturated carbocycles. The van der Waals surface area contributed by atoms with E-state index in [0.29, 0.717) is 28.8 Å². The summed E-state index contributed by atoms with van der Waals surface area (Å²) in [5.41, 5.74) is 0.388. The number of hydrogen-bond donors (Lipinski definition) is 1. The largest absolute Gasteiger partial charge is 0.494 e. The van der Waals surface area contributed by atoms with Crippen LogP contribution in [0.15, 0.2) is 48.5 Å². The van der Waals surface area contributed by atoms with Crippen LogP contribution in [0, 0.1) is 0 Å². The highest BCUT2D eigenvalue weighted by Crippen LogP contribution is 2.21. The number of rotatable bonds is 10. The van der Waals surface area contributed by atoms with Crippen molar-refractivity contribution in [3.8, 4) is 11.5 Å². The number of benzene rings is 2. The molecule has 0 aliphatic rings. The maximum Gasteiger partial charge on any atom is 0.240 e. The first kappa shape index (κ1) is 21.8. The van der Waals surface area contributed by atoms with Crippen molar-refractivity contribution in [3.05, 3.63) is 53.6 Å². The molecule has 1 amide bonds. The van der Waals surface area contributed by atoms with E-state index >= 15 is 0 Å². The lowest BCUT2D eigenvalue weighted by Crippen LogP contribution is -2.41. The van der Waals surface area contributed by atoms with Gasteiger partial charge in [-0.25, -0.2) is 8.42 Å². The number of nitrogens with one attached hydrogen (secondary N) is 1. The van der Waals surface area contributed by atoms with Gasteiger partial charge in [-0.1, -0.05) is 11.6 Å². The molecule has 0 saturated heterocycles. The zero-order valence-corrected chi connectivity index (χ0v) is 17.3. The van der Waals surface area contributed by atoms with Gasteiger partial charge in [0.15, 0.2) is 0 Å². The first-order valence-corrected chi connectivity index (χ1v) is 10.9. The molecule has 0 atom stereocenters. The van der Waals surface area contributed by atoms with E-state index in [4.69, 9.17) is 21.1 Å². The summed E-state index contributed by atoms with van der Waals surface area (Å²) in [6, 6.07) is 13.4. The minimum Gasteiger partial charge on any atom is -0.494 e. The predicted octanol–water partition coefficient (Wildman–Crippen LogP) is 2.70. The van der Waals surface area contributed by atoms with Crippen LogP contribution in [0.2, 0.25) is 5.02 Å². The van der Waals surface area contributed by atoms with Crippen LogP contribution in [-0.2, 0) is 14.8 Å². The van der Waals surface area contributed by atoms with E-state index < -0.39 is 15.9 Å². The molecular weight excluding hydrogens is 404 g/mol. The van der Waals surface area contributed by atoms with E-state index in [9.17, 15) is 13.2 Å². The summed E-state index contributed by atoms with van der Waals surface area (Å²) in [5, 5.41) is 3.25. The van der Waals surface area contributed by atoms with Gasteiger partial charge in [-0.2, -0.15) is 0 Å². The Hall–Kier alpha value is -2.45. The summed E-state index contributed by atoms with van der Waals surface area (Å²) >= 11 is 5.80. The van der Waals surface area contributed by atoms with Crippen LogP contribution in [0.25, 0.3) is 0 Å². The van der Waals surface area contributed by atoms with Gasteiger partial charge in [0, 0.05) is 5.02 Å². The highest BCUT2D eigenvalue weighted by atomic mass is 35.5. The van der Waals surface area contributed by atoms with Crippen molar-refractivity contribution in [2.24, 2.45) is 0 Å². The molecule has 0 aliphatic heterocycles. The second-order valence-electron chi connectivity index (χ2n) is 5.85. The molecule has 0 heterocycles. The minimum atomic E-state index is -3.63. The van der Waals surface area contributed by atoms with Gasteiger partial charge in [0.2, 0.25) is 15.9 Å². The first-order chi connectivity index (χ1) is 13.3. The summed E-state index contributed by atoms with van der Waals surface area (Å²) in [7, 11) is -3.63. The van der Waals surface area contributed by atoms with E-state index in [0.717, 1.165) is 10.6 Å². The molecule has 0 bridgehead atoms. The molecule has 2 aromatic carbocycles. The SMILES string of the molecule is CCOc1ccc(N(CC(=O)NCCOc2ccc(Cl)cc2)S(C)(=O)=O)cc1. The second kappa shape index (κ2) is 10.2. The molecule has 152 valence electrons. The molecule has 0 aromatic heterocycles. The van der Waals surface area contributed by atoms with Gasteiger partial charge in [0.25, 0.3) is 0 Å². The summed E-state index contributed by atoms with van der Waals surface area (Å²) in [5.74, 6) is 0.827. The van der Waals surface area contributed by atoms with Crippen molar-refractivity contribution in [2.45, 2.75) is 6.92 Å². The van der Waals surface area contributed by atoms with Gasteiger partial charge in [-0.15, -0.1) is 0 Å². The standard InChI is InChI=1S/C19H23ClN2O5S/c1-3-26-17-10-6-16(7-11-17)22(28(2,24)25)14-19(23)21-12-13-27-18-8-4-15(20)5-9-18/h4-11H,3,12-14H2,1-2H3,(H,21,23). The van der Waals surface area contributed by atoms with Crippen molar-refractivity contribution < 1.29 is 22.7 Å². The van der Waals surface area contributed by atoms with Gasteiger partial charge in [0.1, 0.15) is 24.7 Å². The van der Waals surface area contributed by atoms with E-state index in [2.05, 4.69) is 5.32 Å². The summed E-state index contributed by atoms with van der Waals surface area (Å²) in [4.78, 5) is 12.2. The third-order valence-corrected chi connectivity index (χ3v) is 5.02. The van der Waals surface area contributed by atoms with Crippen LogP contribution >= 0.6 is 11.6 Å². The van der Waals surface area contributed by atoms with E-state index in [1.807, 2.05) is 6.92 Å². The van der Waals surface area contributed by atoms with Crippen LogP contribution in [-0.4, -0.2) is 46.9 Å². The number of anilines is 1. The fourth-order valence-electron chi connectivity index (χ4n) is 2.35. The Morgan fingerprint density at radius 3 is 2.18 bits per heavy atom. The number of amides is 1. The number of carbonyl (C=O) groups is 1. The topological polar surface area (TPSA) is 84.9 Å².